The molecule has 0 aromatic heterocycles. The summed E-state index contributed by atoms with van der Waals surface area (Å²) >= 11 is 0. The second-order valence-electron chi connectivity index (χ2n) is 4.67. The standard InChI is InChI=1S/C16H12N4O/c1-10(11(7-17)8-18)6-13-12-4-2-3-5-15(12)21-16(20)14(13)9-19/h2-5,13H,6,20H2,1H3/t13-/m0/s1. The Bertz CT molecular complexity index is 753. The number of hydrogen-bond donors (Lipinski definition) is 1. The Morgan fingerprint density at radius 1 is 1.24 bits per heavy atom. The molecular formula is C16H12N4O. The molecule has 0 spiro atoms. The van der Waals surface area contributed by atoms with Crippen LogP contribution in [0, 0.1) is 34.0 Å². The fourth-order valence-corrected chi connectivity index (χ4v) is 2.33. The quantitative estimate of drug-likeness (QED) is 0.835. The van der Waals surface area contributed by atoms with Crippen LogP contribution >= 0.6 is 0 Å². The number of rotatable bonds is 2. The van der Waals surface area contributed by atoms with Gasteiger partial charge in [0.1, 0.15) is 29.5 Å². The molecule has 1 atom stereocenters. The predicted octanol–water partition coefficient (Wildman–Crippen LogP) is 2.61. The van der Waals surface area contributed by atoms with E-state index in [4.69, 9.17) is 21.0 Å². The zero-order valence-corrected chi connectivity index (χ0v) is 11.4. The van der Waals surface area contributed by atoms with Crippen LogP contribution in [0.4, 0.5) is 0 Å². The molecule has 1 aromatic carbocycles. The minimum atomic E-state index is -0.309. The molecule has 1 aromatic rings. The maximum Gasteiger partial charge on any atom is 0.205 e. The number of ether oxygens (including phenoxy) is 1. The van der Waals surface area contributed by atoms with Crippen LogP contribution in [0.25, 0.3) is 0 Å². The number of hydrogen-bond acceptors (Lipinski definition) is 5. The van der Waals surface area contributed by atoms with Crippen molar-refractivity contribution in [1.82, 2.24) is 0 Å². The first-order valence-corrected chi connectivity index (χ1v) is 6.28. The molecule has 1 heterocycles. The Balaban J connectivity index is 2.51. The van der Waals surface area contributed by atoms with E-state index in [2.05, 4.69) is 6.07 Å². The summed E-state index contributed by atoms with van der Waals surface area (Å²) in [4.78, 5) is 0. The van der Waals surface area contributed by atoms with Gasteiger partial charge in [0.05, 0.1) is 5.57 Å². The summed E-state index contributed by atoms with van der Waals surface area (Å²) in [6.45, 7) is 1.71. The second-order valence-corrected chi connectivity index (χ2v) is 4.67. The normalized spacial score (nSPS) is 15.8. The topological polar surface area (TPSA) is 107 Å². The Morgan fingerprint density at radius 3 is 2.52 bits per heavy atom. The first-order valence-electron chi connectivity index (χ1n) is 6.28. The van der Waals surface area contributed by atoms with Crippen molar-refractivity contribution in [2.75, 3.05) is 0 Å². The van der Waals surface area contributed by atoms with Gasteiger partial charge in [-0.1, -0.05) is 18.2 Å². The average molecular weight is 276 g/mol. The molecule has 0 amide bonds. The molecule has 2 rings (SSSR count). The van der Waals surface area contributed by atoms with Crippen molar-refractivity contribution in [3.05, 3.63) is 52.4 Å². The van der Waals surface area contributed by atoms with Crippen LogP contribution in [0.5, 0.6) is 5.75 Å². The lowest BCUT2D eigenvalue weighted by Gasteiger charge is -2.26. The molecular weight excluding hydrogens is 264 g/mol. The second kappa shape index (κ2) is 5.82. The average Bonchev–Trinajstić information content (AvgIpc) is 2.48. The largest absolute Gasteiger partial charge is 0.440 e. The third-order valence-corrected chi connectivity index (χ3v) is 3.41. The van der Waals surface area contributed by atoms with Crippen molar-refractivity contribution < 1.29 is 4.74 Å². The highest BCUT2D eigenvalue weighted by Gasteiger charge is 2.29. The van der Waals surface area contributed by atoms with E-state index in [0.717, 1.165) is 5.56 Å². The first kappa shape index (κ1) is 14.2. The molecule has 0 saturated heterocycles. The number of benzene rings is 1. The summed E-state index contributed by atoms with van der Waals surface area (Å²) in [6, 6.07) is 13.1. The van der Waals surface area contributed by atoms with Gasteiger partial charge in [-0.2, -0.15) is 15.8 Å². The Morgan fingerprint density at radius 2 is 1.90 bits per heavy atom. The van der Waals surface area contributed by atoms with Crippen LogP contribution in [-0.4, -0.2) is 0 Å². The number of fused-ring (bicyclic) bond motifs is 1. The minimum absolute atomic E-state index is 0.0647. The molecule has 1 aliphatic rings. The van der Waals surface area contributed by atoms with Crippen LogP contribution in [0.1, 0.15) is 24.8 Å². The highest BCUT2D eigenvalue weighted by Crippen LogP contribution is 2.41. The molecule has 5 nitrogen and oxygen atoms in total. The minimum Gasteiger partial charge on any atom is -0.440 e. The van der Waals surface area contributed by atoms with Gasteiger partial charge in [-0.25, -0.2) is 0 Å². The van der Waals surface area contributed by atoms with Gasteiger partial charge in [0.2, 0.25) is 5.88 Å². The zero-order chi connectivity index (χ0) is 15.4. The van der Waals surface area contributed by atoms with E-state index >= 15 is 0 Å². The molecule has 0 saturated carbocycles. The van der Waals surface area contributed by atoms with E-state index in [0.29, 0.717) is 23.3 Å². The molecule has 5 heteroatoms. The predicted molar refractivity (Wildman–Crippen MR) is 75.2 cm³/mol. The molecule has 0 radical (unpaired) electrons. The maximum absolute atomic E-state index is 9.31. The summed E-state index contributed by atoms with van der Waals surface area (Å²) in [5.74, 6) is 0.364. The lowest BCUT2D eigenvalue weighted by molar-refractivity contribution is 0.388. The van der Waals surface area contributed by atoms with Gasteiger partial charge in [-0.15, -0.1) is 0 Å². The Hall–Kier alpha value is -3.23. The van der Waals surface area contributed by atoms with Crippen molar-refractivity contribution in [3.8, 4) is 24.0 Å². The summed E-state index contributed by atoms with van der Waals surface area (Å²) in [5.41, 5.74) is 7.65. The Kier molecular flexibility index (Phi) is 3.93. The van der Waals surface area contributed by atoms with Crippen molar-refractivity contribution >= 4 is 0 Å². The molecule has 21 heavy (non-hydrogen) atoms. The number of allylic oxidation sites excluding steroid dienone is 3. The van der Waals surface area contributed by atoms with Crippen LogP contribution in [0.2, 0.25) is 0 Å². The highest BCUT2D eigenvalue weighted by molar-refractivity contribution is 5.51. The summed E-state index contributed by atoms with van der Waals surface area (Å²) in [5, 5.41) is 27.2. The summed E-state index contributed by atoms with van der Waals surface area (Å²) in [7, 11) is 0. The van der Waals surface area contributed by atoms with Gasteiger partial charge in [0.25, 0.3) is 0 Å². The number of nitriles is 3. The summed E-state index contributed by atoms with van der Waals surface area (Å²) < 4.78 is 5.45. The lowest BCUT2D eigenvalue weighted by Crippen LogP contribution is -2.20. The summed E-state index contributed by atoms with van der Waals surface area (Å²) in [6.07, 6.45) is 0.375. The number of nitrogens with two attached hydrogens (primary N) is 1. The molecule has 0 aliphatic carbocycles. The van der Waals surface area contributed by atoms with Crippen LogP contribution < -0.4 is 10.5 Å². The van der Waals surface area contributed by atoms with E-state index in [-0.39, 0.29) is 17.4 Å². The third-order valence-electron chi connectivity index (χ3n) is 3.41. The molecule has 0 fully saturated rings. The van der Waals surface area contributed by atoms with Crippen LogP contribution in [-0.2, 0) is 0 Å². The van der Waals surface area contributed by atoms with Gasteiger partial charge >= 0.3 is 0 Å². The van der Waals surface area contributed by atoms with Gasteiger partial charge in [-0.3, -0.25) is 0 Å². The Labute approximate surface area is 122 Å². The van der Waals surface area contributed by atoms with Gasteiger partial charge in [0, 0.05) is 11.5 Å². The maximum atomic E-state index is 9.31. The van der Waals surface area contributed by atoms with Crippen molar-refractivity contribution in [3.63, 3.8) is 0 Å². The SMILES string of the molecule is CC(C[C@@H]1C(C#N)=C(N)Oc2ccccc21)=C(C#N)C#N. The van der Waals surface area contributed by atoms with E-state index < -0.39 is 0 Å². The van der Waals surface area contributed by atoms with Crippen molar-refractivity contribution in [2.45, 2.75) is 19.3 Å². The van der Waals surface area contributed by atoms with E-state index in [1.165, 1.54) is 0 Å². The van der Waals surface area contributed by atoms with Gasteiger partial charge in [-0.05, 0) is 25.0 Å². The molecule has 102 valence electrons. The highest BCUT2D eigenvalue weighted by atomic mass is 16.5. The van der Waals surface area contributed by atoms with E-state index in [1.807, 2.05) is 30.3 Å². The zero-order valence-electron chi connectivity index (χ0n) is 11.4. The van der Waals surface area contributed by atoms with Crippen molar-refractivity contribution in [2.24, 2.45) is 5.73 Å². The number of nitrogens with zero attached hydrogens (tertiary/aromatic N) is 3. The number of para-hydroxylation sites is 1. The fraction of sp³-hybridized carbons (Fsp3) is 0.188. The monoisotopic (exact) mass is 276 g/mol. The molecule has 0 bridgehead atoms. The molecule has 1 aliphatic heterocycles. The smallest absolute Gasteiger partial charge is 0.205 e. The fourth-order valence-electron chi connectivity index (χ4n) is 2.33. The van der Waals surface area contributed by atoms with E-state index in [1.54, 1.807) is 13.0 Å². The van der Waals surface area contributed by atoms with Crippen molar-refractivity contribution in [1.29, 1.82) is 15.8 Å². The van der Waals surface area contributed by atoms with Gasteiger partial charge < -0.3 is 10.5 Å². The van der Waals surface area contributed by atoms with E-state index in [9.17, 15) is 5.26 Å². The third kappa shape index (κ3) is 2.56. The van der Waals surface area contributed by atoms with Crippen LogP contribution in [0.3, 0.4) is 0 Å². The van der Waals surface area contributed by atoms with Crippen LogP contribution in [0.15, 0.2) is 46.9 Å². The lowest BCUT2D eigenvalue weighted by atomic mass is 9.84. The molecule has 0 unspecified atom stereocenters. The van der Waals surface area contributed by atoms with Gasteiger partial charge in [0.15, 0.2) is 0 Å². The first-order chi connectivity index (χ1) is 10.1. The molecule has 2 N–H and O–H groups in total.